The molecule has 0 aliphatic heterocycles. The topological polar surface area (TPSA) is 28.2 Å². The lowest BCUT2D eigenvalue weighted by Gasteiger charge is -2.26. The second-order valence-corrected chi connectivity index (χ2v) is 4.05. The Kier molecular flexibility index (Phi) is 4.99. The van der Waals surface area contributed by atoms with Crippen molar-refractivity contribution in [2.24, 2.45) is 0 Å². The van der Waals surface area contributed by atoms with Gasteiger partial charge >= 0.3 is 0 Å². The molecule has 0 saturated carbocycles. The Morgan fingerprint density at radius 3 is 2.81 bits per heavy atom. The van der Waals surface area contributed by atoms with Crippen molar-refractivity contribution in [1.29, 1.82) is 0 Å². The summed E-state index contributed by atoms with van der Waals surface area (Å²) in [6.45, 7) is 9.74. The summed E-state index contributed by atoms with van der Waals surface area (Å²) in [6.07, 6.45) is 1.91. The first-order chi connectivity index (χ1) is 7.69. The van der Waals surface area contributed by atoms with Crippen LogP contribution in [-0.4, -0.2) is 24.6 Å². The normalized spacial score (nSPS) is 10.5. The number of hydrogen-bond donors (Lipinski definition) is 1. The maximum atomic E-state index is 4.62. The zero-order valence-electron chi connectivity index (χ0n) is 10.4. The molecular weight excluding hydrogens is 198 g/mol. The van der Waals surface area contributed by atoms with Gasteiger partial charge in [0.2, 0.25) is 0 Å². The van der Waals surface area contributed by atoms with Crippen LogP contribution in [-0.2, 0) is 6.54 Å². The average Bonchev–Trinajstić information content (AvgIpc) is 2.26. The Hall–Kier alpha value is -1.35. The molecule has 0 atom stereocenters. The molecule has 0 spiro atoms. The van der Waals surface area contributed by atoms with Crippen molar-refractivity contribution in [2.75, 3.05) is 18.5 Å². The summed E-state index contributed by atoms with van der Waals surface area (Å²) in [5, 5.41) is 3.11. The number of nitrogens with one attached hydrogen (secondary N) is 1. The van der Waals surface area contributed by atoms with Gasteiger partial charge in [-0.05, 0) is 33.0 Å². The number of pyridine rings is 1. The van der Waals surface area contributed by atoms with Gasteiger partial charge in [-0.15, -0.1) is 6.58 Å². The minimum Gasteiger partial charge on any atom is -0.350 e. The molecule has 1 aromatic rings. The molecule has 0 radical (unpaired) electrons. The van der Waals surface area contributed by atoms with Crippen molar-refractivity contribution in [2.45, 2.75) is 26.4 Å². The monoisotopic (exact) mass is 219 g/mol. The third kappa shape index (κ3) is 3.35. The second-order valence-electron chi connectivity index (χ2n) is 4.05. The first-order valence-corrected chi connectivity index (χ1v) is 5.67. The molecule has 1 heterocycles. The van der Waals surface area contributed by atoms with Crippen molar-refractivity contribution in [3.8, 4) is 0 Å². The summed E-state index contributed by atoms with van der Waals surface area (Å²) in [5.41, 5.74) is 1.06. The highest BCUT2D eigenvalue weighted by Crippen LogP contribution is 2.14. The van der Waals surface area contributed by atoms with E-state index in [1.54, 1.807) is 0 Å². The SMILES string of the molecule is C=CCN(c1cccc(CNC)n1)C(C)C. The molecule has 16 heavy (non-hydrogen) atoms. The molecule has 0 aliphatic carbocycles. The van der Waals surface area contributed by atoms with E-state index in [0.717, 1.165) is 24.6 Å². The zero-order chi connectivity index (χ0) is 12.0. The molecule has 0 aliphatic rings. The van der Waals surface area contributed by atoms with Crippen LogP contribution in [0.25, 0.3) is 0 Å². The van der Waals surface area contributed by atoms with Crippen molar-refractivity contribution in [3.63, 3.8) is 0 Å². The quantitative estimate of drug-likeness (QED) is 0.743. The van der Waals surface area contributed by atoms with E-state index < -0.39 is 0 Å². The van der Waals surface area contributed by atoms with Crippen molar-refractivity contribution < 1.29 is 0 Å². The first-order valence-electron chi connectivity index (χ1n) is 5.67. The molecule has 88 valence electrons. The number of rotatable bonds is 6. The van der Waals surface area contributed by atoms with Gasteiger partial charge in [-0.1, -0.05) is 12.1 Å². The number of aromatic nitrogens is 1. The third-order valence-corrected chi connectivity index (χ3v) is 2.39. The molecule has 0 unspecified atom stereocenters. The van der Waals surface area contributed by atoms with Crippen LogP contribution in [0.3, 0.4) is 0 Å². The fourth-order valence-corrected chi connectivity index (χ4v) is 1.61. The molecular formula is C13H21N3. The van der Waals surface area contributed by atoms with Gasteiger partial charge in [-0.25, -0.2) is 4.98 Å². The molecule has 0 aromatic carbocycles. The largest absolute Gasteiger partial charge is 0.350 e. The highest BCUT2D eigenvalue weighted by Gasteiger charge is 2.10. The van der Waals surface area contributed by atoms with Gasteiger partial charge < -0.3 is 10.2 Å². The smallest absolute Gasteiger partial charge is 0.129 e. The van der Waals surface area contributed by atoms with Crippen LogP contribution in [0.5, 0.6) is 0 Å². The lowest BCUT2D eigenvalue weighted by atomic mass is 10.2. The fraction of sp³-hybridized carbons (Fsp3) is 0.462. The molecule has 0 bridgehead atoms. The molecule has 0 fully saturated rings. The Bertz CT molecular complexity index is 334. The van der Waals surface area contributed by atoms with Crippen LogP contribution in [0.1, 0.15) is 19.5 Å². The molecule has 0 amide bonds. The minimum atomic E-state index is 0.426. The van der Waals surface area contributed by atoms with Crippen LogP contribution in [0, 0.1) is 0 Å². The maximum absolute atomic E-state index is 4.62. The number of anilines is 1. The summed E-state index contributed by atoms with van der Waals surface area (Å²) >= 11 is 0. The van der Waals surface area contributed by atoms with Gasteiger partial charge in [0.1, 0.15) is 5.82 Å². The third-order valence-electron chi connectivity index (χ3n) is 2.39. The van der Waals surface area contributed by atoms with Crippen LogP contribution >= 0.6 is 0 Å². The zero-order valence-corrected chi connectivity index (χ0v) is 10.4. The van der Waals surface area contributed by atoms with Gasteiger partial charge in [0, 0.05) is 19.1 Å². The predicted molar refractivity (Wildman–Crippen MR) is 69.7 cm³/mol. The van der Waals surface area contributed by atoms with E-state index in [2.05, 4.69) is 35.6 Å². The predicted octanol–water partition coefficient (Wildman–Crippen LogP) is 2.20. The number of nitrogens with zero attached hydrogens (tertiary/aromatic N) is 2. The van der Waals surface area contributed by atoms with Crippen LogP contribution in [0.2, 0.25) is 0 Å². The van der Waals surface area contributed by atoms with Crippen molar-refractivity contribution in [1.82, 2.24) is 10.3 Å². The van der Waals surface area contributed by atoms with E-state index in [1.807, 2.05) is 31.3 Å². The summed E-state index contributed by atoms with van der Waals surface area (Å²) in [5.74, 6) is 1.02. The standard InChI is InChI=1S/C13H21N3/c1-5-9-16(11(2)3)13-8-6-7-12(15-13)10-14-4/h5-8,11,14H,1,9-10H2,2-4H3. The van der Waals surface area contributed by atoms with Gasteiger partial charge in [0.25, 0.3) is 0 Å². The van der Waals surface area contributed by atoms with Gasteiger partial charge in [-0.3, -0.25) is 0 Å². The van der Waals surface area contributed by atoms with Crippen molar-refractivity contribution >= 4 is 5.82 Å². The Morgan fingerprint density at radius 2 is 2.25 bits per heavy atom. The molecule has 1 aromatic heterocycles. The molecule has 0 saturated heterocycles. The van der Waals surface area contributed by atoms with E-state index >= 15 is 0 Å². The van der Waals surface area contributed by atoms with Gasteiger partial charge in [-0.2, -0.15) is 0 Å². The van der Waals surface area contributed by atoms with E-state index in [4.69, 9.17) is 0 Å². The van der Waals surface area contributed by atoms with Gasteiger partial charge in [0.05, 0.1) is 5.69 Å². The molecule has 1 N–H and O–H groups in total. The first kappa shape index (κ1) is 12.7. The minimum absolute atomic E-state index is 0.426. The summed E-state index contributed by atoms with van der Waals surface area (Å²) in [7, 11) is 1.93. The van der Waals surface area contributed by atoms with Crippen LogP contribution < -0.4 is 10.2 Å². The van der Waals surface area contributed by atoms with Crippen molar-refractivity contribution in [3.05, 3.63) is 36.5 Å². The Morgan fingerprint density at radius 1 is 1.50 bits per heavy atom. The summed E-state index contributed by atoms with van der Waals surface area (Å²) < 4.78 is 0. The fourth-order valence-electron chi connectivity index (χ4n) is 1.61. The molecule has 3 nitrogen and oxygen atoms in total. The highest BCUT2D eigenvalue weighted by atomic mass is 15.2. The Labute approximate surface area is 98.2 Å². The lowest BCUT2D eigenvalue weighted by molar-refractivity contribution is 0.704. The van der Waals surface area contributed by atoms with E-state index in [0.29, 0.717) is 6.04 Å². The van der Waals surface area contributed by atoms with E-state index in [-0.39, 0.29) is 0 Å². The highest BCUT2D eigenvalue weighted by molar-refractivity contribution is 5.41. The summed E-state index contributed by atoms with van der Waals surface area (Å²) in [4.78, 5) is 6.85. The lowest BCUT2D eigenvalue weighted by Crippen LogP contribution is -2.31. The van der Waals surface area contributed by atoms with E-state index in [1.165, 1.54) is 0 Å². The van der Waals surface area contributed by atoms with Crippen LogP contribution in [0.4, 0.5) is 5.82 Å². The van der Waals surface area contributed by atoms with Crippen LogP contribution in [0.15, 0.2) is 30.9 Å². The van der Waals surface area contributed by atoms with E-state index in [9.17, 15) is 0 Å². The second kappa shape index (κ2) is 6.28. The average molecular weight is 219 g/mol. The molecule has 3 heteroatoms. The Balaban J connectivity index is 2.90. The summed E-state index contributed by atoms with van der Waals surface area (Å²) in [6, 6.07) is 6.55. The number of hydrogen-bond acceptors (Lipinski definition) is 3. The maximum Gasteiger partial charge on any atom is 0.129 e. The van der Waals surface area contributed by atoms with Gasteiger partial charge in [0.15, 0.2) is 0 Å². The molecule has 1 rings (SSSR count).